The Morgan fingerprint density at radius 3 is 2.26 bits per heavy atom. The number of carbonyl (C=O) groups is 2. The van der Waals surface area contributed by atoms with E-state index in [1.54, 1.807) is 36.4 Å². The number of methoxy groups -OCH3 is 3. The number of amides is 2. The Labute approximate surface area is 197 Å². The maximum absolute atomic E-state index is 13.5. The fourth-order valence-electron chi connectivity index (χ4n) is 3.39. The minimum Gasteiger partial charge on any atom is -0.495 e. The van der Waals surface area contributed by atoms with E-state index in [9.17, 15) is 14.0 Å². The first-order valence-corrected chi connectivity index (χ1v) is 10.3. The molecule has 3 aromatic carbocycles. The highest BCUT2D eigenvalue weighted by atomic mass is 19.1. The molecule has 0 saturated heterocycles. The Balaban J connectivity index is 1.87. The van der Waals surface area contributed by atoms with Crippen LogP contribution in [0.25, 0.3) is 0 Å². The van der Waals surface area contributed by atoms with Gasteiger partial charge in [0.2, 0.25) is 0 Å². The zero-order valence-electron chi connectivity index (χ0n) is 19.1. The molecule has 2 amide bonds. The summed E-state index contributed by atoms with van der Waals surface area (Å²) in [6.07, 6.45) is 2.19. The summed E-state index contributed by atoms with van der Waals surface area (Å²) in [6, 6.07) is 13.4. The van der Waals surface area contributed by atoms with Gasteiger partial charge in [-0.25, -0.2) is 4.39 Å². The van der Waals surface area contributed by atoms with Gasteiger partial charge >= 0.3 is 0 Å². The van der Waals surface area contributed by atoms with Crippen LogP contribution >= 0.6 is 0 Å². The highest BCUT2D eigenvalue weighted by molar-refractivity contribution is 6.07. The molecule has 176 valence electrons. The van der Waals surface area contributed by atoms with E-state index in [0.717, 1.165) is 11.6 Å². The quantitative estimate of drug-likeness (QED) is 0.431. The summed E-state index contributed by atoms with van der Waals surface area (Å²) in [4.78, 5) is 25.6. The first kappa shape index (κ1) is 24.3. The smallest absolute Gasteiger partial charge is 0.255 e. The maximum Gasteiger partial charge on any atom is 0.255 e. The Hall–Kier alpha value is -4.33. The van der Waals surface area contributed by atoms with Crippen LogP contribution in [0.5, 0.6) is 17.2 Å². The van der Waals surface area contributed by atoms with E-state index < -0.39 is 11.7 Å². The van der Waals surface area contributed by atoms with Crippen molar-refractivity contribution in [3.8, 4) is 17.2 Å². The molecule has 0 aliphatic carbocycles. The number of benzene rings is 3. The van der Waals surface area contributed by atoms with Gasteiger partial charge < -0.3 is 24.8 Å². The molecule has 0 atom stereocenters. The summed E-state index contributed by atoms with van der Waals surface area (Å²) in [5.74, 6) is -0.0990. The van der Waals surface area contributed by atoms with E-state index in [1.165, 1.54) is 39.5 Å². The topological polar surface area (TPSA) is 85.9 Å². The van der Waals surface area contributed by atoms with Crippen molar-refractivity contribution in [2.45, 2.75) is 6.42 Å². The highest BCUT2D eigenvalue weighted by Gasteiger charge is 2.17. The lowest BCUT2D eigenvalue weighted by molar-refractivity contribution is 0.101. The molecule has 0 aliphatic heterocycles. The highest BCUT2D eigenvalue weighted by Crippen LogP contribution is 2.34. The van der Waals surface area contributed by atoms with Crippen LogP contribution < -0.4 is 24.8 Å². The Morgan fingerprint density at radius 2 is 1.62 bits per heavy atom. The number of carbonyl (C=O) groups excluding carboxylic acids is 2. The zero-order valence-corrected chi connectivity index (χ0v) is 19.1. The van der Waals surface area contributed by atoms with Crippen LogP contribution in [0.15, 0.2) is 67.3 Å². The van der Waals surface area contributed by atoms with Crippen molar-refractivity contribution in [1.82, 2.24) is 0 Å². The second-order valence-electron chi connectivity index (χ2n) is 7.20. The minimum atomic E-state index is -0.522. The van der Waals surface area contributed by atoms with Crippen LogP contribution in [0.4, 0.5) is 15.8 Å². The van der Waals surface area contributed by atoms with E-state index in [1.807, 2.05) is 0 Å². The number of hydrogen-bond acceptors (Lipinski definition) is 5. The van der Waals surface area contributed by atoms with E-state index in [4.69, 9.17) is 14.2 Å². The largest absolute Gasteiger partial charge is 0.495 e. The summed E-state index contributed by atoms with van der Waals surface area (Å²) in [5.41, 5.74) is 1.99. The molecule has 0 spiro atoms. The molecular formula is C26H25FN2O5. The number of allylic oxidation sites excluding steroid dienone is 1. The number of halogens is 1. The summed E-state index contributed by atoms with van der Waals surface area (Å²) in [7, 11) is 4.48. The number of ether oxygens (including phenoxy) is 3. The monoisotopic (exact) mass is 464 g/mol. The average molecular weight is 464 g/mol. The van der Waals surface area contributed by atoms with Gasteiger partial charge in [-0.2, -0.15) is 0 Å². The van der Waals surface area contributed by atoms with Crippen molar-refractivity contribution in [2.75, 3.05) is 32.0 Å². The second kappa shape index (κ2) is 11.0. The third-order valence-electron chi connectivity index (χ3n) is 4.97. The van der Waals surface area contributed by atoms with Gasteiger partial charge in [0, 0.05) is 22.4 Å². The van der Waals surface area contributed by atoms with Crippen LogP contribution in [-0.2, 0) is 6.42 Å². The molecular weight excluding hydrogens is 439 g/mol. The van der Waals surface area contributed by atoms with Crippen molar-refractivity contribution < 1.29 is 28.2 Å². The molecule has 34 heavy (non-hydrogen) atoms. The lowest BCUT2D eigenvalue weighted by Crippen LogP contribution is -2.15. The van der Waals surface area contributed by atoms with Crippen molar-refractivity contribution in [3.05, 3.63) is 89.8 Å². The number of nitrogens with one attached hydrogen (secondary N) is 2. The van der Waals surface area contributed by atoms with Crippen LogP contribution in [-0.4, -0.2) is 33.1 Å². The number of anilines is 2. The molecule has 0 unspecified atom stereocenters. The molecule has 0 heterocycles. The van der Waals surface area contributed by atoms with Gasteiger partial charge in [0.15, 0.2) is 11.5 Å². The minimum absolute atomic E-state index is 0.150. The van der Waals surface area contributed by atoms with Crippen LogP contribution in [0.1, 0.15) is 26.3 Å². The molecule has 0 aliphatic rings. The van der Waals surface area contributed by atoms with Crippen LogP contribution in [0.3, 0.4) is 0 Å². The Morgan fingerprint density at radius 1 is 0.882 bits per heavy atom. The molecule has 8 heteroatoms. The average Bonchev–Trinajstić information content (AvgIpc) is 2.83. The van der Waals surface area contributed by atoms with Gasteiger partial charge in [-0.15, -0.1) is 6.58 Å². The van der Waals surface area contributed by atoms with E-state index >= 15 is 0 Å². The first-order chi connectivity index (χ1) is 16.4. The fourth-order valence-corrected chi connectivity index (χ4v) is 3.39. The molecule has 3 aromatic rings. The third-order valence-corrected chi connectivity index (χ3v) is 4.97. The molecule has 0 aromatic heterocycles. The summed E-state index contributed by atoms with van der Waals surface area (Å²) in [5, 5.41) is 5.49. The molecule has 3 rings (SSSR count). The van der Waals surface area contributed by atoms with E-state index in [2.05, 4.69) is 17.2 Å². The maximum atomic E-state index is 13.5. The van der Waals surface area contributed by atoms with E-state index in [-0.39, 0.29) is 11.5 Å². The second-order valence-corrected chi connectivity index (χ2v) is 7.20. The first-order valence-electron chi connectivity index (χ1n) is 10.3. The number of rotatable bonds is 9. The van der Waals surface area contributed by atoms with E-state index in [0.29, 0.717) is 40.6 Å². The van der Waals surface area contributed by atoms with Gasteiger partial charge in [0.25, 0.3) is 11.8 Å². The van der Waals surface area contributed by atoms with Crippen molar-refractivity contribution in [2.24, 2.45) is 0 Å². The molecule has 0 saturated carbocycles. The lowest BCUT2D eigenvalue weighted by Gasteiger charge is -2.15. The Bertz CT molecular complexity index is 1230. The van der Waals surface area contributed by atoms with Gasteiger partial charge in [0.1, 0.15) is 11.6 Å². The van der Waals surface area contributed by atoms with Crippen molar-refractivity contribution >= 4 is 23.2 Å². The van der Waals surface area contributed by atoms with Crippen LogP contribution in [0, 0.1) is 5.82 Å². The van der Waals surface area contributed by atoms with Crippen molar-refractivity contribution in [1.29, 1.82) is 0 Å². The predicted octanol–water partition coefficient (Wildman–Crippen LogP) is 5.08. The van der Waals surface area contributed by atoms with Crippen molar-refractivity contribution in [3.63, 3.8) is 0 Å². The van der Waals surface area contributed by atoms with Gasteiger partial charge in [-0.1, -0.05) is 12.1 Å². The number of hydrogen-bond donors (Lipinski definition) is 2. The van der Waals surface area contributed by atoms with Gasteiger partial charge in [-0.3, -0.25) is 9.59 Å². The molecule has 0 radical (unpaired) electrons. The van der Waals surface area contributed by atoms with Gasteiger partial charge in [0.05, 0.1) is 27.0 Å². The third kappa shape index (κ3) is 5.53. The van der Waals surface area contributed by atoms with Gasteiger partial charge in [-0.05, 0) is 55.0 Å². The SMILES string of the molecule is C=CCc1cc(C(=O)Nc2ccc(OC)c(NC(=O)c3cccc(F)c3)c2)cc(OC)c1OC. The molecule has 0 fully saturated rings. The standard InChI is InChI=1S/C26H25FN2O5/c1-5-7-16-12-18(14-23(33-3)24(16)34-4)26(31)28-20-10-11-22(32-2)21(15-20)29-25(30)17-8-6-9-19(27)13-17/h5-6,8-15H,1,7H2,2-4H3,(H,28,31)(H,29,30). The molecule has 7 nitrogen and oxygen atoms in total. The predicted molar refractivity (Wildman–Crippen MR) is 129 cm³/mol. The molecule has 2 N–H and O–H groups in total. The normalized spacial score (nSPS) is 10.2. The Kier molecular flexibility index (Phi) is 7.87. The molecule has 0 bridgehead atoms. The zero-order chi connectivity index (χ0) is 24.7. The summed E-state index contributed by atoms with van der Waals surface area (Å²) in [6.45, 7) is 3.74. The summed E-state index contributed by atoms with van der Waals surface area (Å²) < 4.78 is 29.6. The lowest BCUT2D eigenvalue weighted by atomic mass is 10.0. The fraction of sp³-hybridized carbons (Fsp3) is 0.154. The summed E-state index contributed by atoms with van der Waals surface area (Å²) >= 11 is 0. The van der Waals surface area contributed by atoms with Crippen LogP contribution in [0.2, 0.25) is 0 Å².